The second-order valence-corrected chi connectivity index (χ2v) is 4.90. The molecule has 0 atom stereocenters. The molecule has 1 heterocycles. The van der Waals surface area contributed by atoms with Gasteiger partial charge in [0.1, 0.15) is 0 Å². The molecule has 20 heavy (non-hydrogen) atoms. The fourth-order valence-corrected chi connectivity index (χ4v) is 2.32. The molecule has 0 fully saturated rings. The maximum absolute atomic E-state index is 11.8. The van der Waals surface area contributed by atoms with Crippen molar-refractivity contribution in [3.63, 3.8) is 0 Å². The summed E-state index contributed by atoms with van der Waals surface area (Å²) in [5.74, 6) is -0.268. The predicted octanol–water partition coefficient (Wildman–Crippen LogP) is 2.73. The zero-order valence-electron chi connectivity index (χ0n) is 10.6. The quantitative estimate of drug-likeness (QED) is 0.533. The zero-order chi connectivity index (χ0) is 14.5. The molecule has 0 aliphatic rings. The summed E-state index contributed by atoms with van der Waals surface area (Å²) in [6.07, 6.45) is 1.44. The van der Waals surface area contributed by atoms with Crippen molar-refractivity contribution in [2.75, 3.05) is 0 Å². The molecule has 2 rings (SSSR count). The van der Waals surface area contributed by atoms with E-state index >= 15 is 0 Å². The van der Waals surface area contributed by atoms with Crippen LogP contribution in [0.15, 0.2) is 40.8 Å². The third kappa shape index (κ3) is 3.27. The Kier molecular flexibility index (Phi) is 4.21. The average Bonchev–Trinajstić information content (AvgIpc) is 2.85. The maximum Gasteiger partial charge on any atom is 0.281 e. The molecule has 0 radical (unpaired) electrons. The van der Waals surface area contributed by atoms with Crippen molar-refractivity contribution < 1.29 is 9.72 Å². The van der Waals surface area contributed by atoms with E-state index in [9.17, 15) is 14.9 Å². The minimum atomic E-state index is -0.470. The van der Waals surface area contributed by atoms with Crippen LogP contribution in [-0.2, 0) is 0 Å². The minimum absolute atomic E-state index is 0.0143. The molecule has 0 saturated heterocycles. The number of hydrogen-bond donors (Lipinski definition) is 1. The molecule has 102 valence electrons. The Morgan fingerprint density at radius 1 is 1.35 bits per heavy atom. The van der Waals surface area contributed by atoms with Gasteiger partial charge in [0.25, 0.3) is 11.6 Å². The van der Waals surface area contributed by atoms with Crippen LogP contribution in [0.1, 0.15) is 20.8 Å². The number of nitrogens with one attached hydrogen (secondary N) is 1. The van der Waals surface area contributed by atoms with Gasteiger partial charge in [0.15, 0.2) is 0 Å². The van der Waals surface area contributed by atoms with E-state index < -0.39 is 4.92 Å². The third-order valence-electron chi connectivity index (χ3n) is 2.55. The van der Waals surface area contributed by atoms with Gasteiger partial charge in [-0.05, 0) is 41.6 Å². The van der Waals surface area contributed by atoms with Gasteiger partial charge in [-0.2, -0.15) is 5.10 Å². The second kappa shape index (κ2) is 6.07. The summed E-state index contributed by atoms with van der Waals surface area (Å²) < 4.78 is 0. The molecule has 0 aliphatic carbocycles. The van der Waals surface area contributed by atoms with Crippen LogP contribution < -0.4 is 5.43 Å². The van der Waals surface area contributed by atoms with Gasteiger partial charge in [-0.25, -0.2) is 5.43 Å². The summed E-state index contributed by atoms with van der Waals surface area (Å²) in [5.41, 5.74) is 4.00. The number of carbonyl (C=O) groups excluding carboxylic acids is 1. The molecule has 7 heteroatoms. The van der Waals surface area contributed by atoms with E-state index in [0.717, 1.165) is 5.56 Å². The maximum atomic E-state index is 11.8. The number of nitrogens with zero attached hydrogens (tertiary/aromatic N) is 2. The normalized spacial score (nSPS) is 10.7. The largest absolute Gasteiger partial charge is 0.281 e. The average molecular weight is 289 g/mol. The Balaban J connectivity index is 1.98. The number of nitro benzene ring substituents is 1. The van der Waals surface area contributed by atoms with Crippen LogP contribution in [0.5, 0.6) is 0 Å². The van der Waals surface area contributed by atoms with E-state index in [-0.39, 0.29) is 11.6 Å². The van der Waals surface area contributed by atoms with Crippen LogP contribution in [0.4, 0.5) is 5.69 Å². The second-order valence-electron chi connectivity index (χ2n) is 3.98. The Morgan fingerprint density at radius 2 is 2.05 bits per heavy atom. The third-order valence-corrected chi connectivity index (χ3v) is 3.57. The molecule has 6 nitrogen and oxygen atoms in total. The van der Waals surface area contributed by atoms with E-state index in [0.29, 0.717) is 10.4 Å². The Bertz CT molecular complexity index is 662. The van der Waals surface area contributed by atoms with Crippen LogP contribution >= 0.6 is 11.3 Å². The smallest absolute Gasteiger partial charge is 0.266 e. The summed E-state index contributed by atoms with van der Waals surface area (Å²) in [5, 5.41) is 16.2. The van der Waals surface area contributed by atoms with E-state index in [2.05, 4.69) is 10.5 Å². The van der Waals surface area contributed by atoms with Gasteiger partial charge >= 0.3 is 0 Å². The first-order valence-electron chi connectivity index (χ1n) is 5.70. The first-order valence-corrected chi connectivity index (χ1v) is 6.58. The summed E-state index contributed by atoms with van der Waals surface area (Å²) in [7, 11) is 0. The Labute approximate surface area is 118 Å². The van der Waals surface area contributed by atoms with Gasteiger partial charge < -0.3 is 0 Å². The van der Waals surface area contributed by atoms with Crippen LogP contribution in [-0.4, -0.2) is 17.0 Å². The number of thiophene rings is 1. The molecule has 1 amide bonds. The van der Waals surface area contributed by atoms with E-state index in [1.807, 2.05) is 18.4 Å². The molecule has 0 bridgehead atoms. The highest BCUT2D eigenvalue weighted by molar-refractivity contribution is 7.12. The number of benzene rings is 1. The monoisotopic (exact) mass is 289 g/mol. The Hall–Kier alpha value is -2.54. The topological polar surface area (TPSA) is 84.6 Å². The fraction of sp³-hybridized carbons (Fsp3) is 0.0769. The summed E-state index contributed by atoms with van der Waals surface area (Å²) in [4.78, 5) is 22.4. The number of hydrogen-bond acceptors (Lipinski definition) is 5. The number of non-ortho nitro benzene ring substituents is 1. The number of rotatable bonds is 4. The molecule has 0 aliphatic heterocycles. The van der Waals surface area contributed by atoms with Crippen molar-refractivity contribution >= 4 is 29.1 Å². The zero-order valence-corrected chi connectivity index (χ0v) is 11.4. The van der Waals surface area contributed by atoms with E-state index in [1.54, 1.807) is 12.1 Å². The van der Waals surface area contributed by atoms with Crippen molar-refractivity contribution in [3.05, 3.63) is 61.8 Å². The molecule has 0 spiro atoms. The highest BCUT2D eigenvalue weighted by Crippen LogP contribution is 2.15. The van der Waals surface area contributed by atoms with E-state index in [4.69, 9.17) is 0 Å². The van der Waals surface area contributed by atoms with Crippen LogP contribution in [0, 0.1) is 17.0 Å². The SMILES string of the molecule is Cc1ccsc1C(=O)N/N=C/c1ccc([N+](=O)[O-])cc1. The van der Waals surface area contributed by atoms with Gasteiger partial charge in [0.2, 0.25) is 0 Å². The lowest BCUT2D eigenvalue weighted by Crippen LogP contribution is -2.17. The molecular formula is C13H11N3O3S. The molecule has 2 aromatic rings. The van der Waals surface area contributed by atoms with Crippen LogP contribution in [0.3, 0.4) is 0 Å². The van der Waals surface area contributed by atoms with Gasteiger partial charge in [-0.1, -0.05) is 0 Å². The van der Waals surface area contributed by atoms with Crippen molar-refractivity contribution in [2.45, 2.75) is 6.92 Å². The first kappa shape index (κ1) is 13.9. The number of hydrazone groups is 1. The molecule has 0 saturated carbocycles. The van der Waals surface area contributed by atoms with Gasteiger partial charge in [-0.3, -0.25) is 14.9 Å². The standard InChI is InChI=1S/C13H11N3O3S/c1-9-6-7-20-12(9)13(17)15-14-8-10-2-4-11(5-3-10)16(18)19/h2-8H,1H3,(H,15,17)/b14-8+. The summed E-state index contributed by atoms with van der Waals surface area (Å²) in [6, 6.07) is 7.74. The molecule has 1 aromatic carbocycles. The van der Waals surface area contributed by atoms with Gasteiger partial charge in [0.05, 0.1) is 16.0 Å². The molecular weight excluding hydrogens is 278 g/mol. The van der Waals surface area contributed by atoms with E-state index in [1.165, 1.54) is 29.7 Å². The van der Waals surface area contributed by atoms with Crippen LogP contribution in [0.25, 0.3) is 0 Å². The van der Waals surface area contributed by atoms with Crippen LogP contribution in [0.2, 0.25) is 0 Å². The number of amides is 1. The predicted molar refractivity (Wildman–Crippen MR) is 77.2 cm³/mol. The lowest BCUT2D eigenvalue weighted by atomic mass is 10.2. The highest BCUT2D eigenvalue weighted by Gasteiger charge is 2.08. The number of nitro groups is 1. The molecule has 1 N–H and O–H groups in total. The number of carbonyl (C=O) groups is 1. The van der Waals surface area contributed by atoms with Crippen molar-refractivity contribution in [3.8, 4) is 0 Å². The van der Waals surface area contributed by atoms with Crippen molar-refractivity contribution in [1.82, 2.24) is 5.43 Å². The minimum Gasteiger partial charge on any atom is -0.266 e. The lowest BCUT2D eigenvalue weighted by Gasteiger charge is -1.98. The summed E-state index contributed by atoms with van der Waals surface area (Å²) in [6.45, 7) is 1.85. The lowest BCUT2D eigenvalue weighted by molar-refractivity contribution is -0.384. The Morgan fingerprint density at radius 3 is 2.60 bits per heavy atom. The first-order chi connectivity index (χ1) is 9.58. The van der Waals surface area contributed by atoms with Crippen molar-refractivity contribution in [1.29, 1.82) is 0 Å². The molecule has 0 unspecified atom stereocenters. The van der Waals surface area contributed by atoms with Crippen molar-refractivity contribution in [2.24, 2.45) is 5.10 Å². The molecule has 1 aromatic heterocycles. The number of aryl methyl sites for hydroxylation is 1. The highest BCUT2D eigenvalue weighted by atomic mass is 32.1. The van der Waals surface area contributed by atoms with Gasteiger partial charge in [0, 0.05) is 12.1 Å². The fourth-order valence-electron chi connectivity index (χ4n) is 1.50. The van der Waals surface area contributed by atoms with Gasteiger partial charge in [-0.15, -0.1) is 11.3 Å². The summed E-state index contributed by atoms with van der Waals surface area (Å²) >= 11 is 1.35.